The van der Waals surface area contributed by atoms with E-state index in [0.717, 1.165) is 0 Å². The Balaban J connectivity index is -0.0000000133. The van der Waals surface area contributed by atoms with Crippen LogP contribution >= 0.6 is 0 Å². The van der Waals surface area contributed by atoms with E-state index in [9.17, 15) is 0 Å². The second-order valence-corrected chi connectivity index (χ2v) is 0. The molecule has 0 N–H and O–H groups in total. The van der Waals surface area contributed by atoms with E-state index < -0.39 is 0 Å². The fourth-order valence-corrected chi connectivity index (χ4v) is 0. The van der Waals surface area contributed by atoms with E-state index in [1.807, 2.05) is 0 Å². The van der Waals surface area contributed by atoms with Gasteiger partial charge in [0.1, 0.15) is 0 Å². The van der Waals surface area contributed by atoms with Crippen LogP contribution in [0.2, 0.25) is 0 Å². The first kappa shape index (κ1) is 18.8. The third kappa shape index (κ3) is 383. The molecule has 0 aromatic rings. The molecule has 0 atom stereocenters. The largest absolute Gasteiger partial charge is 0.124 e. The average molecular weight is 255 g/mol. The first-order chi connectivity index (χ1) is 2.00. The van der Waals surface area contributed by atoms with Gasteiger partial charge in [-0.3, -0.25) is 0 Å². The molecule has 0 aliphatic carbocycles. The van der Waals surface area contributed by atoms with Crippen molar-refractivity contribution in [3.8, 4) is 12.8 Å². The van der Waals surface area contributed by atoms with Crippen LogP contribution in [-0.4, -0.2) is 0 Å². The molecule has 0 bridgehead atoms. The molecular formula is C4H6Hg. The van der Waals surface area contributed by atoms with Crippen molar-refractivity contribution in [2.75, 3.05) is 0 Å². The summed E-state index contributed by atoms with van der Waals surface area (Å²) in [5, 5.41) is 0. The summed E-state index contributed by atoms with van der Waals surface area (Å²) in [5.41, 5.74) is 0. The molecule has 0 aliphatic heterocycles. The Kier molecular flexibility index (Phi) is 3020. The standard InChI is InChI=1S/C2H4.C2H2.Hg/c2*1-2;/h1-2H2;1-2H;. The van der Waals surface area contributed by atoms with Crippen LogP contribution in [0.3, 0.4) is 0 Å². The van der Waals surface area contributed by atoms with Crippen molar-refractivity contribution in [2.45, 2.75) is 0 Å². The summed E-state index contributed by atoms with van der Waals surface area (Å²) in [6.45, 7) is 6.00. The van der Waals surface area contributed by atoms with E-state index in [4.69, 9.17) is 0 Å². The maximum atomic E-state index is 4.00. The van der Waals surface area contributed by atoms with Gasteiger partial charge in [0.2, 0.25) is 0 Å². The van der Waals surface area contributed by atoms with Crippen molar-refractivity contribution < 1.29 is 27.7 Å². The number of hydrogen-bond donors (Lipinski definition) is 0. The molecule has 0 unspecified atom stereocenters. The molecule has 0 nitrogen and oxygen atoms in total. The summed E-state index contributed by atoms with van der Waals surface area (Å²) < 4.78 is 0. The van der Waals surface area contributed by atoms with Crippen LogP contribution in [-0.2, 0) is 27.7 Å². The van der Waals surface area contributed by atoms with Gasteiger partial charge in [0.25, 0.3) is 0 Å². The van der Waals surface area contributed by atoms with Gasteiger partial charge >= 0.3 is 0 Å². The van der Waals surface area contributed by atoms with Gasteiger partial charge < -0.3 is 0 Å². The molecule has 0 saturated heterocycles. The molecule has 0 aliphatic rings. The van der Waals surface area contributed by atoms with Gasteiger partial charge in [-0.25, -0.2) is 0 Å². The molecule has 0 radical (unpaired) electrons. The van der Waals surface area contributed by atoms with Gasteiger partial charge in [-0.1, -0.05) is 0 Å². The second-order valence-electron chi connectivity index (χ2n) is 0. The Hall–Kier alpha value is 0.235. The molecule has 0 aromatic carbocycles. The summed E-state index contributed by atoms with van der Waals surface area (Å²) in [5.74, 6) is 0. The van der Waals surface area contributed by atoms with Crippen LogP contribution in [0.1, 0.15) is 0 Å². The summed E-state index contributed by atoms with van der Waals surface area (Å²) in [6.07, 6.45) is 8.00. The molecule has 0 aromatic heterocycles. The van der Waals surface area contributed by atoms with Gasteiger partial charge in [0, 0.05) is 27.7 Å². The Labute approximate surface area is 53.8 Å². The number of terminal acetylenes is 1. The summed E-state index contributed by atoms with van der Waals surface area (Å²) in [6, 6.07) is 0. The molecule has 0 amide bonds. The maximum absolute atomic E-state index is 4.00. The summed E-state index contributed by atoms with van der Waals surface area (Å²) >= 11 is 0. The van der Waals surface area contributed by atoms with Crippen molar-refractivity contribution in [3.05, 3.63) is 13.2 Å². The van der Waals surface area contributed by atoms with Crippen molar-refractivity contribution in [2.24, 2.45) is 0 Å². The molecule has 0 rings (SSSR count). The van der Waals surface area contributed by atoms with Crippen molar-refractivity contribution in [1.82, 2.24) is 0 Å². The van der Waals surface area contributed by atoms with E-state index in [1.165, 1.54) is 0 Å². The van der Waals surface area contributed by atoms with Gasteiger partial charge in [-0.05, 0) is 0 Å². The summed E-state index contributed by atoms with van der Waals surface area (Å²) in [7, 11) is 0. The van der Waals surface area contributed by atoms with E-state index in [-0.39, 0.29) is 27.7 Å². The number of hydrogen-bond acceptors (Lipinski definition) is 0. The van der Waals surface area contributed by atoms with Crippen LogP contribution < -0.4 is 0 Å². The van der Waals surface area contributed by atoms with Gasteiger partial charge in [0.15, 0.2) is 0 Å². The summed E-state index contributed by atoms with van der Waals surface area (Å²) in [4.78, 5) is 0. The van der Waals surface area contributed by atoms with Crippen molar-refractivity contribution in [3.63, 3.8) is 0 Å². The fourth-order valence-electron chi connectivity index (χ4n) is 0. The van der Waals surface area contributed by atoms with Crippen LogP contribution in [0.4, 0.5) is 0 Å². The zero-order chi connectivity index (χ0) is 4.00. The van der Waals surface area contributed by atoms with Crippen molar-refractivity contribution in [1.29, 1.82) is 0 Å². The zero-order valence-electron chi connectivity index (χ0n) is 3.28. The first-order valence-corrected chi connectivity index (χ1v) is 0.833. The van der Waals surface area contributed by atoms with Crippen LogP contribution in [0, 0.1) is 12.8 Å². The van der Waals surface area contributed by atoms with Crippen LogP contribution in [0.25, 0.3) is 0 Å². The molecule has 24 valence electrons. The Morgan fingerprint density at radius 2 is 1.00 bits per heavy atom. The molecule has 5 heavy (non-hydrogen) atoms. The normalized spacial score (nSPS) is 1.20. The van der Waals surface area contributed by atoms with E-state index in [1.54, 1.807) is 0 Å². The van der Waals surface area contributed by atoms with Gasteiger partial charge in [-0.2, -0.15) is 0 Å². The van der Waals surface area contributed by atoms with Gasteiger partial charge in [-0.15, -0.1) is 26.0 Å². The molecule has 1 heteroatoms. The Bertz CT molecular complexity index is 14.9. The van der Waals surface area contributed by atoms with Crippen LogP contribution in [0.15, 0.2) is 13.2 Å². The monoisotopic (exact) mass is 256 g/mol. The smallest absolute Gasteiger partial charge is 0 e. The predicted octanol–water partition coefficient (Wildman–Crippen LogP) is 1.05. The Morgan fingerprint density at radius 3 is 1.00 bits per heavy atom. The zero-order valence-corrected chi connectivity index (χ0v) is 8.77. The van der Waals surface area contributed by atoms with E-state index in [0.29, 0.717) is 0 Å². The second kappa shape index (κ2) is 802. The minimum atomic E-state index is 0. The topological polar surface area (TPSA) is 0 Å². The molecule has 0 spiro atoms. The van der Waals surface area contributed by atoms with Crippen LogP contribution in [0.5, 0.6) is 0 Å². The van der Waals surface area contributed by atoms with E-state index >= 15 is 0 Å². The van der Waals surface area contributed by atoms with E-state index in [2.05, 4.69) is 26.0 Å². The molecule has 0 saturated carbocycles. The minimum Gasteiger partial charge on any atom is -0.124 e. The third-order valence-electron chi connectivity index (χ3n) is 0. The fraction of sp³-hybridized carbons (Fsp3) is 0. The molecular weight excluding hydrogens is 249 g/mol. The molecule has 0 heterocycles. The third-order valence-corrected chi connectivity index (χ3v) is 0. The number of rotatable bonds is 0. The maximum Gasteiger partial charge on any atom is 0 e. The predicted molar refractivity (Wildman–Crippen MR) is 21.1 cm³/mol. The minimum absolute atomic E-state index is 0. The average Bonchev–Trinajstić information content (AvgIpc) is 1.50. The molecule has 0 fully saturated rings. The Morgan fingerprint density at radius 1 is 1.00 bits per heavy atom. The van der Waals surface area contributed by atoms with Crippen molar-refractivity contribution >= 4 is 0 Å². The SMILES string of the molecule is C#C.C=C.[Hg]. The quantitative estimate of drug-likeness (QED) is 0.344. The van der Waals surface area contributed by atoms with Gasteiger partial charge in [0.05, 0.1) is 0 Å². The first-order valence-electron chi connectivity index (χ1n) is 0.833.